The van der Waals surface area contributed by atoms with Crippen LogP contribution in [0.4, 0.5) is 10.7 Å². The first kappa shape index (κ1) is 28.0. The van der Waals surface area contributed by atoms with Crippen LogP contribution in [0.2, 0.25) is 10.0 Å². The van der Waals surface area contributed by atoms with Gasteiger partial charge < -0.3 is 20.3 Å². The third-order valence-electron chi connectivity index (χ3n) is 5.78. The second-order valence-electron chi connectivity index (χ2n) is 8.33. The molecule has 0 aliphatic carbocycles. The minimum absolute atomic E-state index is 0.0414. The number of nitrogens with one attached hydrogen (secondary N) is 2. The van der Waals surface area contributed by atoms with E-state index in [1.165, 1.54) is 43.2 Å². The standard InChI is InChI=1S/C26H23Cl2N3O5S2/c1-14(32)31-9-8-19-21(12-31)38-25(23(19)26(35)36-2)30-22(33)13-37-17-5-3-4-16(11-17)29-24(34)18-7-6-15(27)10-20(18)28/h3-7,10-11H,8-9,12-13H2,1-2H3,(H,29,34)(H,30,33). The van der Waals surface area contributed by atoms with Crippen LogP contribution < -0.4 is 10.6 Å². The molecule has 12 heteroatoms. The van der Waals surface area contributed by atoms with E-state index in [4.69, 9.17) is 27.9 Å². The lowest BCUT2D eigenvalue weighted by molar-refractivity contribution is -0.129. The minimum Gasteiger partial charge on any atom is -0.465 e. The molecule has 0 atom stereocenters. The number of rotatable bonds is 7. The number of thioether (sulfide) groups is 1. The number of methoxy groups -OCH3 is 1. The molecule has 2 heterocycles. The van der Waals surface area contributed by atoms with Gasteiger partial charge in [-0.3, -0.25) is 14.4 Å². The molecule has 0 bridgehead atoms. The molecule has 0 saturated carbocycles. The zero-order valence-electron chi connectivity index (χ0n) is 20.4. The lowest BCUT2D eigenvalue weighted by Crippen LogP contribution is -2.33. The highest BCUT2D eigenvalue weighted by molar-refractivity contribution is 8.00. The smallest absolute Gasteiger partial charge is 0.341 e. The summed E-state index contributed by atoms with van der Waals surface area (Å²) in [5.74, 6) is -1.17. The molecule has 2 N–H and O–H groups in total. The molecule has 0 spiro atoms. The van der Waals surface area contributed by atoms with E-state index in [1.807, 2.05) is 6.07 Å². The van der Waals surface area contributed by atoms with Gasteiger partial charge >= 0.3 is 5.97 Å². The average Bonchev–Trinajstić information content (AvgIpc) is 3.24. The Morgan fingerprint density at radius 3 is 2.61 bits per heavy atom. The molecule has 3 amide bonds. The van der Waals surface area contributed by atoms with Crippen molar-refractivity contribution in [1.29, 1.82) is 0 Å². The van der Waals surface area contributed by atoms with Gasteiger partial charge in [-0.05, 0) is 48.4 Å². The quantitative estimate of drug-likeness (QED) is 0.268. The molecule has 1 aliphatic rings. The van der Waals surface area contributed by atoms with Crippen LogP contribution >= 0.6 is 46.3 Å². The Morgan fingerprint density at radius 2 is 1.89 bits per heavy atom. The van der Waals surface area contributed by atoms with Gasteiger partial charge in [0.1, 0.15) is 5.00 Å². The maximum Gasteiger partial charge on any atom is 0.341 e. The second kappa shape index (κ2) is 12.2. The molecule has 4 rings (SSSR count). The summed E-state index contributed by atoms with van der Waals surface area (Å²) in [6, 6.07) is 11.7. The number of anilines is 2. The Bertz CT molecular complexity index is 1430. The molecule has 0 unspecified atom stereocenters. The van der Waals surface area contributed by atoms with Crippen molar-refractivity contribution in [3.63, 3.8) is 0 Å². The number of thiophene rings is 1. The second-order valence-corrected chi connectivity index (χ2v) is 11.3. The van der Waals surface area contributed by atoms with E-state index >= 15 is 0 Å². The van der Waals surface area contributed by atoms with Gasteiger partial charge in [-0.2, -0.15) is 0 Å². The number of halogens is 2. The molecule has 38 heavy (non-hydrogen) atoms. The number of benzene rings is 2. The van der Waals surface area contributed by atoms with Crippen LogP contribution in [0.15, 0.2) is 47.4 Å². The summed E-state index contributed by atoms with van der Waals surface area (Å²) >= 11 is 14.6. The van der Waals surface area contributed by atoms with Gasteiger partial charge in [0, 0.05) is 34.0 Å². The Kier molecular flexibility index (Phi) is 8.99. The zero-order valence-corrected chi connectivity index (χ0v) is 23.6. The van der Waals surface area contributed by atoms with Crippen LogP contribution in [0.5, 0.6) is 0 Å². The Balaban J connectivity index is 1.41. The predicted octanol–water partition coefficient (Wildman–Crippen LogP) is 5.73. The van der Waals surface area contributed by atoms with Crippen molar-refractivity contribution in [3.05, 3.63) is 74.1 Å². The van der Waals surface area contributed by atoms with Crippen LogP contribution in [0, 0.1) is 0 Å². The Morgan fingerprint density at radius 1 is 1.11 bits per heavy atom. The number of hydrogen-bond acceptors (Lipinski definition) is 7. The molecular weight excluding hydrogens is 569 g/mol. The van der Waals surface area contributed by atoms with Crippen LogP contribution in [-0.2, 0) is 27.3 Å². The summed E-state index contributed by atoms with van der Waals surface area (Å²) < 4.78 is 4.96. The Hall–Kier alpha value is -3.05. The van der Waals surface area contributed by atoms with Crippen molar-refractivity contribution in [2.45, 2.75) is 24.8 Å². The van der Waals surface area contributed by atoms with Crippen LogP contribution in [0.1, 0.15) is 38.1 Å². The molecule has 0 saturated heterocycles. The normalized spacial score (nSPS) is 12.5. The first-order valence-corrected chi connectivity index (χ1v) is 14.0. The van der Waals surface area contributed by atoms with Crippen molar-refractivity contribution in [2.75, 3.05) is 30.0 Å². The lowest BCUT2D eigenvalue weighted by Gasteiger charge is -2.25. The molecule has 1 aromatic heterocycles. The van der Waals surface area contributed by atoms with Crippen LogP contribution in [0.25, 0.3) is 0 Å². The van der Waals surface area contributed by atoms with E-state index in [2.05, 4.69) is 10.6 Å². The van der Waals surface area contributed by atoms with E-state index in [0.29, 0.717) is 46.3 Å². The van der Waals surface area contributed by atoms with Gasteiger partial charge in [0.05, 0.1) is 35.6 Å². The maximum atomic E-state index is 12.8. The summed E-state index contributed by atoms with van der Waals surface area (Å²) in [7, 11) is 1.30. The number of hydrogen-bond donors (Lipinski definition) is 2. The number of carbonyl (C=O) groups excluding carboxylic acids is 4. The molecule has 3 aromatic rings. The molecule has 1 aliphatic heterocycles. The highest BCUT2D eigenvalue weighted by atomic mass is 35.5. The zero-order chi connectivity index (χ0) is 27.4. The molecule has 0 radical (unpaired) electrons. The predicted molar refractivity (Wildman–Crippen MR) is 151 cm³/mol. The van der Waals surface area contributed by atoms with Crippen molar-refractivity contribution in [3.8, 4) is 0 Å². The summed E-state index contributed by atoms with van der Waals surface area (Å²) in [4.78, 5) is 53.1. The summed E-state index contributed by atoms with van der Waals surface area (Å²) in [5, 5.41) is 6.72. The topological polar surface area (TPSA) is 105 Å². The molecule has 198 valence electrons. The average molecular weight is 593 g/mol. The van der Waals surface area contributed by atoms with Gasteiger partial charge in [-0.1, -0.05) is 29.3 Å². The summed E-state index contributed by atoms with van der Waals surface area (Å²) in [6.07, 6.45) is 0.514. The SMILES string of the molecule is COC(=O)c1c(NC(=O)CSc2cccc(NC(=O)c3ccc(Cl)cc3Cl)c2)sc2c1CCN(C(C)=O)C2. The van der Waals surface area contributed by atoms with E-state index in [0.717, 1.165) is 15.3 Å². The largest absolute Gasteiger partial charge is 0.465 e. The number of nitrogens with zero attached hydrogens (tertiary/aromatic N) is 1. The Labute approximate surface area is 237 Å². The highest BCUT2D eigenvalue weighted by Crippen LogP contribution is 2.38. The minimum atomic E-state index is -0.522. The van der Waals surface area contributed by atoms with Gasteiger partial charge in [-0.15, -0.1) is 23.1 Å². The third-order valence-corrected chi connectivity index (χ3v) is 8.46. The lowest BCUT2D eigenvalue weighted by atomic mass is 10.0. The first-order chi connectivity index (χ1) is 18.2. The summed E-state index contributed by atoms with van der Waals surface area (Å²) in [6.45, 7) is 2.40. The van der Waals surface area contributed by atoms with Crippen molar-refractivity contribution < 1.29 is 23.9 Å². The third kappa shape index (κ3) is 6.50. The number of ether oxygens (including phenoxy) is 1. The molecule has 8 nitrogen and oxygen atoms in total. The van der Waals surface area contributed by atoms with E-state index in [1.54, 1.807) is 35.2 Å². The van der Waals surface area contributed by atoms with E-state index in [-0.39, 0.29) is 28.5 Å². The van der Waals surface area contributed by atoms with Crippen LogP contribution in [-0.4, -0.2) is 48.0 Å². The highest BCUT2D eigenvalue weighted by Gasteiger charge is 2.30. The number of fused-ring (bicyclic) bond motifs is 1. The monoisotopic (exact) mass is 591 g/mol. The number of carbonyl (C=O) groups is 4. The maximum absolute atomic E-state index is 12.8. The van der Waals surface area contributed by atoms with Crippen molar-refractivity contribution in [2.24, 2.45) is 0 Å². The molecular formula is C26H23Cl2N3O5S2. The fourth-order valence-corrected chi connectivity index (χ4v) is 6.44. The van der Waals surface area contributed by atoms with Crippen molar-refractivity contribution in [1.82, 2.24) is 4.90 Å². The first-order valence-electron chi connectivity index (χ1n) is 11.4. The van der Waals surface area contributed by atoms with Gasteiger partial charge in [0.25, 0.3) is 5.91 Å². The van der Waals surface area contributed by atoms with Gasteiger partial charge in [0.15, 0.2) is 0 Å². The molecule has 0 fully saturated rings. The van der Waals surface area contributed by atoms with Crippen molar-refractivity contribution >= 4 is 80.7 Å². The molecule has 2 aromatic carbocycles. The van der Waals surface area contributed by atoms with Gasteiger partial charge in [0.2, 0.25) is 11.8 Å². The fourth-order valence-electron chi connectivity index (χ4n) is 3.93. The van der Waals surface area contributed by atoms with E-state index < -0.39 is 5.97 Å². The fraction of sp³-hybridized carbons (Fsp3) is 0.231. The number of amides is 3. The summed E-state index contributed by atoms with van der Waals surface area (Å²) in [5.41, 5.74) is 1.99. The van der Waals surface area contributed by atoms with Gasteiger partial charge in [-0.25, -0.2) is 4.79 Å². The van der Waals surface area contributed by atoms with E-state index in [9.17, 15) is 19.2 Å². The van der Waals surface area contributed by atoms with Crippen LogP contribution in [0.3, 0.4) is 0 Å². The number of esters is 1.